The van der Waals surface area contributed by atoms with Gasteiger partial charge in [-0.15, -0.1) is 0 Å². The number of aliphatic carboxylic acids is 1. The van der Waals surface area contributed by atoms with Crippen LogP contribution in [0.2, 0.25) is 0 Å². The normalized spacial score (nSPS) is 30.4. The first-order chi connectivity index (χ1) is 12.9. The molecule has 1 aromatic carbocycles. The standard InChI is InChI=1S/C21H27FO5/c22-16-4-1-13(2-5-16)3-6-18(23)21-17-10-14(7-8-27-12-20(25)26)9-15(17)11-19(21)24/h1-2,4-6,14-15,17,19,21,23-24H,3,7-12H2,(H,25,26)/t14-,15-,17-,19-,21+/m1/s1. The number of halogens is 1. The van der Waals surface area contributed by atoms with Gasteiger partial charge in [-0.25, -0.2) is 9.18 Å². The second-order valence-corrected chi connectivity index (χ2v) is 7.78. The molecule has 3 N–H and O–H groups in total. The molecular weight excluding hydrogens is 351 g/mol. The van der Waals surface area contributed by atoms with E-state index in [0.717, 1.165) is 24.8 Å². The molecule has 148 valence electrons. The lowest BCUT2D eigenvalue weighted by Gasteiger charge is -2.21. The molecule has 0 aliphatic heterocycles. The lowest BCUT2D eigenvalue weighted by molar-refractivity contribution is -0.142. The predicted molar refractivity (Wildman–Crippen MR) is 97.7 cm³/mol. The third-order valence-corrected chi connectivity index (χ3v) is 5.96. The summed E-state index contributed by atoms with van der Waals surface area (Å²) >= 11 is 0. The molecule has 2 aliphatic carbocycles. The maximum Gasteiger partial charge on any atom is 0.329 e. The van der Waals surface area contributed by atoms with Crippen molar-refractivity contribution in [2.75, 3.05) is 13.2 Å². The van der Waals surface area contributed by atoms with Crippen molar-refractivity contribution in [1.82, 2.24) is 0 Å². The van der Waals surface area contributed by atoms with Crippen molar-refractivity contribution in [3.8, 4) is 0 Å². The van der Waals surface area contributed by atoms with Crippen LogP contribution in [-0.2, 0) is 16.0 Å². The molecule has 0 unspecified atom stereocenters. The minimum absolute atomic E-state index is 0.224. The molecule has 2 aliphatic rings. The highest BCUT2D eigenvalue weighted by atomic mass is 19.1. The van der Waals surface area contributed by atoms with Gasteiger partial charge in [-0.2, -0.15) is 0 Å². The molecule has 0 aromatic heterocycles. The van der Waals surface area contributed by atoms with E-state index < -0.39 is 12.1 Å². The van der Waals surface area contributed by atoms with Crippen LogP contribution in [-0.4, -0.2) is 40.6 Å². The van der Waals surface area contributed by atoms with Crippen molar-refractivity contribution in [3.05, 3.63) is 47.5 Å². The average molecular weight is 378 g/mol. The first kappa shape index (κ1) is 19.8. The fourth-order valence-electron chi connectivity index (χ4n) is 4.77. The van der Waals surface area contributed by atoms with E-state index >= 15 is 0 Å². The zero-order valence-electron chi connectivity index (χ0n) is 15.3. The molecule has 0 heterocycles. The molecule has 0 amide bonds. The smallest absolute Gasteiger partial charge is 0.329 e. The lowest BCUT2D eigenvalue weighted by Crippen LogP contribution is -2.22. The van der Waals surface area contributed by atoms with Crippen molar-refractivity contribution >= 4 is 5.97 Å². The Morgan fingerprint density at radius 2 is 1.93 bits per heavy atom. The quantitative estimate of drug-likeness (QED) is 0.477. The number of allylic oxidation sites excluding steroid dienone is 1. The number of carbonyl (C=O) groups is 1. The summed E-state index contributed by atoms with van der Waals surface area (Å²) in [6.45, 7) is 0.157. The molecular formula is C21H27FO5. The molecule has 27 heavy (non-hydrogen) atoms. The molecule has 6 heteroatoms. The van der Waals surface area contributed by atoms with Gasteiger partial charge in [0.1, 0.15) is 12.4 Å². The van der Waals surface area contributed by atoms with Crippen LogP contribution in [0.5, 0.6) is 0 Å². The zero-order valence-corrected chi connectivity index (χ0v) is 15.3. The van der Waals surface area contributed by atoms with Crippen LogP contribution in [0.1, 0.15) is 31.2 Å². The van der Waals surface area contributed by atoms with Crippen LogP contribution in [0, 0.1) is 29.5 Å². The van der Waals surface area contributed by atoms with Gasteiger partial charge >= 0.3 is 5.97 Å². The topological polar surface area (TPSA) is 87.0 Å². The van der Waals surface area contributed by atoms with E-state index in [-0.39, 0.29) is 30.0 Å². The van der Waals surface area contributed by atoms with E-state index in [1.165, 1.54) is 12.1 Å². The number of hydrogen-bond donors (Lipinski definition) is 3. The summed E-state index contributed by atoms with van der Waals surface area (Å²) in [5.74, 6) is -0.205. The Kier molecular flexibility index (Phi) is 6.50. The van der Waals surface area contributed by atoms with E-state index in [1.807, 2.05) is 0 Å². The summed E-state index contributed by atoms with van der Waals surface area (Å²) in [4.78, 5) is 10.5. The van der Waals surface area contributed by atoms with Crippen LogP contribution >= 0.6 is 0 Å². The van der Waals surface area contributed by atoms with E-state index in [2.05, 4.69) is 0 Å². The average Bonchev–Trinajstić information content (AvgIpc) is 3.13. The number of ether oxygens (including phenoxy) is 1. The van der Waals surface area contributed by atoms with E-state index in [0.29, 0.717) is 31.3 Å². The predicted octanol–water partition coefficient (Wildman–Crippen LogP) is 3.32. The van der Waals surface area contributed by atoms with Crippen LogP contribution in [0.25, 0.3) is 0 Å². The molecule has 2 fully saturated rings. The molecule has 5 atom stereocenters. The highest BCUT2D eigenvalue weighted by molar-refractivity contribution is 5.67. The Morgan fingerprint density at radius 3 is 2.63 bits per heavy atom. The Morgan fingerprint density at radius 1 is 1.19 bits per heavy atom. The first-order valence-corrected chi connectivity index (χ1v) is 9.55. The van der Waals surface area contributed by atoms with Crippen molar-refractivity contribution in [1.29, 1.82) is 0 Å². The second-order valence-electron chi connectivity index (χ2n) is 7.78. The maximum atomic E-state index is 13.0. The van der Waals surface area contributed by atoms with Crippen LogP contribution in [0.4, 0.5) is 4.39 Å². The summed E-state index contributed by atoms with van der Waals surface area (Å²) < 4.78 is 18.1. The number of carboxylic acid groups (broad SMARTS) is 1. The molecule has 0 radical (unpaired) electrons. The molecule has 0 bridgehead atoms. The van der Waals surface area contributed by atoms with E-state index in [9.17, 15) is 19.4 Å². The van der Waals surface area contributed by atoms with Crippen LogP contribution in [0.3, 0.4) is 0 Å². The number of aliphatic hydroxyl groups is 2. The van der Waals surface area contributed by atoms with Gasteiger partial charge in [-0.3, -0.25) is 0 Å². The van der Waals surface area contributed by atoms with Gasteiger partial charge in [-0.1, -0.05) is 12.1 Å². The van der Waals surface area contributed by atoms with Gasteiger partial charge in [0.15, 0.2) is 0 Å². The summed E-state index contributed by atoms with van der Waals surface area (Å²) in [5, 5.41) is 29.6. The highest BCUT2D eigenvalue weighted by Gasteiger charge is 2.49. The number of benzene rings is 1. The van der Waals surface area contributed by atoms with Crippen LogP contribution < -0.4 is 0 Å². The third-order valence-electron chi connectivity index (χ3n) is 5.96. The lowest BCUT2D eigenvalue weighted by atomic mass is 9.88. The molecule has 0 spiro atoms. The molecule has 2 saturated carbocycles. The fraction of sp³-hybridized carbons (Fsp3) is 0.571. The number of carboxylic acids is 1. The van der Waals surface area contributed by atoms with Gasteiger partial charge in [0.2, 0.25) is 0 Å². The fourth-order valence-corrected chi connectivity index (χ4v) is 4.77. The van der Waals surface area contributed by atoms with E-state index in [1.54, 1.807) is 18.2 Å². The van der Waals surface area contributed by atoms with Gasteiger partial charge in [-0.05, 0) is 73.6 Å². The monoisotopic (exact) mass is 378 g/mol. The molecule has 0 saturated heterocycles. The van der Waals surface area contributed by atoms with E-state index in [4.69, 9.17) is 9.84 Å². The first-order valence-electron chi connectivity index (χ1n) is 9.55. The second kappa shape index (κ2) is 8.85. The van der Waals surface area contributed by atoms with Crippen molar-refractivity contribution in [2.45, 2.75) is 38.2 Å². The Balaban J connectivity index is 1.54. The number of hydrogen-bond acceptors (Lipinski definition) is 4. The van der Waals surface area contributed by atoms with Gasteiger partial charge in [0.25, 0.3) is 0 Å². The highest BCUT2D eigenvalue weighted by Crippen LogP contribution is 2.52. The SMILES string of the molecule is O=C(O)COCC[C@@H]1C[C@@H]2C[C@@H](O)[C@H](C(O)=CCc3ccc(F)cc3)[C@@H]2C1. The van der Waals surface area contributed by atoms with Gasteiger partial charge < -0.3 is 20.1 Å². The third kappa shape index (κ3) is 5.08. The number of aliphatic hydroxyl groups excluding tert-OH is 2. The Labute approximate surface area is 158 Å². The summed E-state index contributed by atoms with van der Waals surface area (Å²) in [5.41, 5.74) is 0.909. The minimum Gasteiger partial charge on any atom is -0.512 e. The molecule has 3 rings (SSSR count). The van der Waals surface area contributed by atoms with Crippen molar-refractivity contribution < 1.29 is 29.2 Å². The van der Waals surface area contributed by atoms with Crippen molar-refractivity contribution in [2.24, 2.45) is 23.7 Å². The van der Waals surface area contributed by atoms with Crippen molar-refractivity contribution in [3.63, 3.8) is 0 Å². The van der Waals surface area contributed by atoms with Gasteiger partial charge in [0.05, 0.1) is 11.9 Å². The van der Waals surface area contributed by atoms with Crippen LogP contribution in [0.15, 0.2) is 36.1 Å². The number of fused-ring (bicyclic) bond motifs is 1. The minimum atomic E-state index is -0.960. The zero-order chi connectivity index (χ0) is 19.4. The summed E-state index contributed by atoms with van der Waals surface area (Å²) in [6.07, 6.45) is 5.09. The summed E-state index contributed by atoms with van der Waals surface area (Å²) in [6, 6.07) is 6.18. The summed E-state index contributed by atoms with van der Waals surface area (Å²) in [7, 11) is 0. The Bertz CT molecular complexity index is 672. The molecule has 5 nitrogen and oxygen atoms in total. The molecule has 1 aromatic rings. The number of rotatable bonds is 8. The van der Waals surface area contributed by atoms with Gasteiger partial charge in [0, 0.05) is 12.5 Å². The maximum absolute atomic E-state index is 13.0. The largest absolute Gasteiger partial charge is 0.512 e. The Hall–Kier alpha value is -1.92.